The van der Waals surface area contributed by atoms with Crippen molar-refractivity contribution >= 4 is 0 Å². The molecule has 1 aliphatic rings. The molecule has 134 valence electrons. The molecule has 0 bridgehead atoms. The maximum absolute atomic E-state index is 9.92. The van der Waals surface area contributed by atoms with Gasteiger partial charge in [-0.3, -0.25) is 5.10 Å². The molecule has 0 fully saturated rings. The van der Waals surface area contributed by atoms with Gasteiger partial charge in [0.1, 0.15) is 23.1 Å². The van der Waals surface area contributed by atoms with Gasteiger partial charge in [-0.05, 0) is 29.8 Å². The van der Waals surface area contributed by atoms with Crippen molar-refractivity contribution in [2.45, 2.75) is 5.92 Å². The van der Waals surface area contributed by atoms with Gasteiger partial charge in [-0.15, -0.1) is 5.10 Å². The van der Waals surface area contributed by atoms with Crippen molar-refractivity contribution < 1.29 is 14.6 Å². The lowest BCUT2D eigenvalue weighted by molar-refractivity contribution is 0.378. The van der Waals surface area contributed by atoms with E-state index in [9.17, 15) is 10.4 Å². The van der Waals surface area contributed by atoms with E-state index in [1.807, 2.05) is 30.3 Å². The van der Waals surface area contributed by atoms with E-state index < -0.39 is 5.92 Å². The Hall–Kier alpha value is -3.92. The molecule has 1 aromatic heterocycles. The molecule has 7 heteroatoms. The summed E-state index contributed by atoms with van der Waals surface area (Å²) >= 11 is 0. The number of methoxy groups -OCH3 is 1. The van der Waals surface area contributed by atoms with E-state index in [-0.39, 0.29) is 17.2 Å². The molecule has 0 aliphatic carbocycles. The molecule has 2 aromatic carbocycles. The van der Waals surface area contributed by atoms with E-state index in [2.05, 4.69) is 16.3 Å². The Bertz CT molecular complexity index is 1090. The van der Waals surface area contributed by atoms with Gasteiger partial charge in [-0.2, -0.15) is 5.26 Å². The predicted molar refractivity (Wildman–Crippen MR) is 98.0 cm³/mol. The Morgan fingerprint density at radius 3 is 2.81 bits per heavy atom. The summed E-state index contributed by atoms with van der Waals surface area (Å²) in [6.45, 7) is 0. The number of fused-ring (bicyclic) bond motifs is 1. The normalized spacial score (nSPS) is 15.6. The number of nitrogens with zero attached hydrogens (tertiary/aromatic N) is 2. The topological polar surface area (TPSA) is 117 Å². The largest absolute Gasteiger partial charge is 0.508 e. The van der Waals surface area contributed by atoms with Crippen molar-refractivity contribution in [3.8, 4) is 34.7 Å². The number of phenolic OH excluding ortho intramolecular Hbond substituents is 1. The van der Waals surface area contributed by atoms with Crippen LogP contribution in [0.4, 0.5) is 0 Å². The smallest absolute Gasteiger partial charge is 0.244 e. The van der Waals surface area contributed by atoms with E-state index in [0.717, 1.165) is 5.56 Å². The average molecular weight is 360 g/mol. The first kappa shape index (κ1) is 16.5. The fourth-order valence-electron chi connectivity index (χ4n) is 3.28. The van der Waals surface area contributed by atoms with Crippen LogP contribution >= 0.6 is 0 Å². The highest BCUT2D eigenvalue weighted by Crippen LogP contribution is 2.46. The zero-order chi connectivity index (χ0) is 19.0. The lowest BCUT2D eigenvalue weighted by Crippen LogP contribution is -2.20. The lowest BCUT2D eigenvalue weighted by Gasteiger charge is -2.24. The van der Waals surface area contributed by atoms with Crippen molar-refractivity contribution in [2.75, 3.05) is 7.11 Å². The molecule has 7 nitrogen and oxygen atoms in total. The number of nitriles is 1. The fraction of sp³-hybridized carbons (Fsp3) is 0.100. The number of aromatic amines is 1. The van der Waals surface area contributed by atoms with Crippen LogP contribution in [0.1, 0.15) is 17.0 Å². The van der Waals surface area contributed by atoms with Crippen LogP contribution in [0.25, 0.3) is 11.3 Å². The molecular weight excluding hydrogens is 344 g/mol. The third kappa shape index (κ3) is 2.73. The first-order valence-electron chi connectivity index (χ1n) is 8.21. The summed E-state index contributed by atoms with van der Waals surface area (Å²) in [7, 11) is 1.59. The van der Waals surface area contributed by atoms with Crippen LogP contribution in [0, 0.1) is 11.3 Å². The van der Waals surface area contributed by atoms with Crippen molar-refractivity contribution in [1.82, 2.24) is 10.2 Å². The quantitative estimate of drug-likeness (QED) is 0.661. The zero-order valence-corrected chi connectivity index (χ0v) is 14.4. The van der Waals surface area contributed by atoms with Crippen LogP contribution in [0.5, 0.6) is 17.4 Å². The second-order valence-corrected chi connectivity index (χ2v) is 6.07. The number of phenols is 1. The number of H-pyrrole nitrogens is 1. The van der Waals surface area contributed by atoms with Crippen LogP contribution in [-0.4, -0.2) is 22.4 Å². The minimum atomic E-state index is -0.522. The highest BCUT2D eigenvalue weighted by molar-refractivity contribution is 5.71. The molecule has 3 aromatic rings. The molecule has 0 unspecified atom stereocenters. The number of rotatable bonds is 3. The van der Waals surface area contributed by atoms with Crippen LogP contribution < -0.4 is 15.2 Å². The second kappa shape index (κ2) is 6.42. The molecule has 2 heterocycles. The van der Waals surface area contributed by atoms with Gasteiger partial charge in [-0.1, -0.05) is 24.3 Å². The number of hydrogen-bond acceptors (Lipinski definition) is 6. The number of aromatic nitrogens is 2. The summed E-state index contributed by atoms with van der Waals surface area (Å²) in [5, 5.41) is 26.8. The van der Waals surface area contributed by atoms with Crippen molar-refractivity contribution in [1.29, 1.82) is 5.26 Å². The Kier molecular flexibility index (Phi) is 3.94. The summed E-state index contributed by atoms with van der Waals surface area (Å²) in [5.41, 5.74) is 9.14. The number of nitrogens with two attached hydrogens (primary N) is 1. The van der Waals surface area contributed by atoms with Crippen molar-refractivity contribution in [3.05, 3.63) is 71.1 Å². The minimum Gasteiger partial charge on any atom is -0.508 e. The molecule has 27 heavy (non-hydrogen) atoms. The van der Waals surface area contributed by atoms with Gasteiger partial charge in [0, 0.05) is 5.56 Å². The highest BCUT2D eigenvalue weighted by Gasteiger charge is 2.35. The Labute approximate surface area is 155 Å². The van der Waals surface area contributed by atoms with Crippen molar-refractivity contribution in [2.24, 2.45) is 5.73 Å². The molecule has 0 saturated heterocycles. The van der Waals surface area contributed by atoms with E-state index in [1.54, 1.807) is 25.3 Å². The van der Waals surface area contributed by atoms with E-state index in [0.29, 0.717) is 28.5 Å². The van der Waals surface area contributed by atoms with E-state index >= 15 is 0 Å². The van der Waals surface area contributed by atoms with Gasteiger partial charge in [0.2, 0.25) is 11.8 Å². The third-order valence-electron chi connectivity index (χ3n) is 4.50. The Balaban J connectivity index is 1.95. The number of nitrogens with one attached hydrogen (secondary N) is 1. The molecule has 4 N–H and O–H groups in total. The Morgan fingerprint density at radius 2 is 2.07 bits per heavy atom. The number of aromatic hydroxyl groups is 1. The van der Waals surface area contributed by atoms with Gasteiger partial charge in [0.15, 0.2) is 0 Å². The number of ether oxygens (including phenoxy) is 2. The second-order valence-electron chi connectivity index (χ2n) is 6.07. The van der Waals surface area contributed by atoms with Crippen LogP contribution in [0.2, 0.25) is 0 Å². The summed E-state index contributed by atoms with van der Waals surface area (Å²) in [4.78, 5) is 0. The lowest BCUT2D eigenvalue weighted by atomic mass is 9.83. The monoisotopic (exact) mass is 360 g/mol. The maximum atomic E-state index is 9.92. The van der Waals surface area contributed by atoms with E-state index in [1.165, 1.54) is 0 Å². The SMILES string of the molecule is COc1cccc(-c2[nH]nc3c2[C@@H](c2cccc(O)c2)C(C#N)=C(N)O3)c1. The average Bonchev–Trinajstić information content (AvgIpc) is 3.10. The van der Waals surface area contributed by atoms with Crippen molar-refractivity contribution in [3.63, 3.8) is 0 Å². The van der Waals surface area contributed by atoms with Gasteiger partial charge in [0.05, 0.1) is 24.3 Å². The van der Waals surface area contributed by atoms with Crippen LogP contribution in [-0.2, 0) is 0 Å². The minimum absolute atomic E-state index is 0.00188. The molecule has 0 spiro atoms. The molecule has 4 rings (SSSR count). The standard InChI is InChI=1S/C20H16N4O3/c1-26-14-7-3-5-12(9-14)18-17-16(11-4-2-6-13(25)8-11)15(10-21)19(22)27-20(17)24-23-18/h2-9,16,25H,22H2,1H3,(H,23,24)/t16-/m0/s1. The zero-order valence-electron chi connectivity index (χ0n) is 14.4. The molecule has 1 aliphatic heterocycles. The number of allylic oxidation sites excluding steroid dienone is 1. The molecule has 0 radical (unpaired) electrons. The summed E-state index contributed by atoms with van der Waals surface area (Å²) in [6, 6.07) is 16.3. The van der Waals surface area contributed by atoms with Gasteiger partial charge >= 0.3 is 0 Å². The molecule has 0 saturated carbocycles. The van der Waals surface area contributed by atoms with Gasteiger partial charge < -0.3 is 20.3 Å². The first-order chi connectivity index (χ1) is 13.1. The predicted octanol–water partition coefficient (Wildman–Crippen LogP) is 3.01. The summed E-state index contributed by atoms with van der Waals surface area (Å²) in [5.74, 6) is 0.574. The summed E-state index contributed by atoms with van der Waals surface area (Å²) in [6.07, 6.45) is 0. The highest BCUT2D eigenvalue weighted by atomic mass is 16.5. The maximum Gasteiger partial charge on any atom is 0.244 e. The van der Waals surface area contributed by atoms with Gasteiger partial charge in [0.25, 0.3) is 0 Å². The summed E-state index contributed by atoms with van der Waals surface area (Å²) < 4.78 is 10.9. The fourth-order valence-corrected chi connectivity index (χ4v) is 3.28. The van der Waals surface area contributed by atoms with Gasteiger partial charge in [-0.25, -0.2) is 0 Å². The first-order valence-corrected chi connectivity index (χ1v) is 8.21. The molecule has 1 atom stereocenters. The van der Waals surface area contributed by atoms with E-state index in [4.69, 9.17) is 15.2 Å². The third-order valence-corrected chi connectivity index (χ3v) is 4.50. The number of hydrogen-bond donors (Lipinski definition) is 3. The molecule has 0 amide bonds. The number of benzene rings is 2. The Morgan fingerprint density at radius 1 is 1.26 bits per heavy atom. The molecular formula is C20H16N4O3. The van der Waals surface area contributed by atoms with Crippen LogP contribution in [0.15, 0.2) is 60.0 Å². The van der Waals surface area contributed by atoms with Crippen LogP contribution in [0.3, 0.4) is 0 Å².